The van der Waals surface area contributed by atoms with Gasteiger partial charge in [0.1, 0.15) is 6.04 Å². The van der Waals surface area contributed by atoms with Gasteiger partial charge in [-0.3, -0.25) is 4.79 Å². The Morgan fingerprint density at radius 1 is 1.00 bits per heavy atom. The smallest absolute Gasteiger partial charge is 0.416 e. The van der Waals surface area contributed by atoms with Crippen molar-refractivity contribution in [3.63, 3.8) is 0 Å². The van der Waals surface area contributed by atoms with Crippen molar-refractivity contribution < 1.29 is 31.5 Å². The highest BCUT2D eigenvalue weighted by molar-refractivity contribution is 7.89. The number of carboxylic acid groups (broad SMARTS) is 1. The van der Waals surface area contributed by atoms with Crippen LogP contribution in [-0.4, -0.2) is 25.5 Å². The summed E-state index contributed by atoms with van der Waals surface area (Å²) in [5, 5.41) is 9.46. The Bertz CT molecular complexity index is 812. The van der Waals surface area contributed by atoms with E-state index in [-0.39, 0.29) is 12.3 Å². The summed E-state index contributed by atoms with van der Waals surface area (Å²) in [6.45, 7) is 4.06. The van der Waals surface area contributed by atoms with Gasteiger partial charge in [0.25, 0.3) is 0 Å². The van der Waals surface area contributed by atoms with Gasteiger partial charge in [-0.1, -0.05) is 90.5 Å². The molecule has 190 valence electrons. The SMILES string of the molecule is CCCCCCCCCCCCC(C)CC(NS(=O)(=O)c1cccc(C(F)(F)F)c1)C(=O)O. The Hall–Kier alpha value is -1.61. The van der Waals surface area contributed by atoms with E-state index in [1.807, 2.05) is 6.92 Å². The van der Waals surface area contributed by atoms with Gasteiger partial charge in [0.2, 0.25) is 10.0 Å². The summed E-state index contributed by atoms with van der Waals surface area (Å²) >= 11 is 0. The molecule has 2 N–H and O–H groups in total. The van der Waals surface area contributed by atoms with E-state index in [2.05, 4.69) is 11.6 Å². The second-order valence-electron chi connectivity index (χ2n) is 8.85. The molecular weight excluding hydrogens is 455 g/mol. The lowest BCUT2D eigenvalue weighted by atomic mass is 9.95. The van der Waals surface area contributed by atoms with Crippen molar-refractivity contribution in [1.82, 2.24) is 4.72 Å². The number of carboxylic acids is 1. The molecule has 0 aliphatic carbocycles. The van der Waals surface area contributed by atoms with Crippen molar-refractivity contribution >= 4 is 16.0 Å². The van der Waals surface area contributed by atoms with Gasteiger partial charge in [-0.05, 0) is 30.5 Å². The lowest BCUT2D eigenvalue weighted by Crippen LogP contribution is -2.41. The zero-order valence-corrected chi connectivity index (χ0v) is 20.5. The average molecular weight is 494 g/mol. The van der Waals surface area contributed by atoms with Crippen LogP contribution in [0.15, 0.2) is 29.2 Å². The predicted molar refractivity (Wildman–Crippen MR) is 123 cm³/mol. The molecule has 0 bridgehead atoms. The summed E-state index contributed by atoms with van der Waals surface area (Å²) in [5.74, 6) is -1.38. The molecule has 0 amide bonds. The fourth-order valence-corrected chi connectivity index (χ4v) is 5.04. The monoisotopic (exact) mass is 493 g/mol. The molecule has 5 nitrogen and oxygen atoms in total. The third-order valence-corrected chi connectivity index (χ3v) is 7.23. The molecule has 0 heterocycles. The van der Waals surface area contributed by atoms with Gasteiger partial charge in [-0.2, -0.15) is 17.9 Å². The van der Waals surface area contributed by atoms with Crippen LogP contribution in [0, 0.1) is 5.92 Å². The molecule has 0 spiro atoms. The zero-order chi connectivity index (χ0) is 24.9. The van der Waals surface area contributed by atoms with Crippen LogP contribution in [-0.2, 0) is 21.0 Å². The highest BCUT2D eigenvalue weighted by atomic mass is 32.2. The third-order valence-electron chi connectivity index (χ3n) is 5.76. The molecule has 0 aliphatic rings. The van der Waals surface area contributed by atoms with E-state index in [1.165, 1.54) is 44.9 Å². The quantitative estimate of drug-likeness (QED) is 0.235. The first-order valence-corrected chi connectivity index (χ1v) is 13.4. The van der Waals surface area contributed by atoms with Crippen LogP contribution >= 0.6 is 0 Å². The average Bonchev–Trinajstić information content (AvgIpc) is 2.74. The van der Waals surface area contributed by atoms with Crippen LogP contribution < -0.4 is 4.72 Å². The highest BCUT2D eigenvalue weighted by Gasteiger charge is 2.33. The third kappa shape index (κ3) is 11.9. The molecule has 2 unspecified atom stereocenters. The van der Waals surface area contributed by atoms with Gasteiger partial charge in [-0.15, -0.1) is 0 Å². The number of sulfonamides is 1. The van der Waals surface area contributed by atoms with Gasteiger partial charge >= 0.3 is 12.1 Å². The van der Waals surface area contributed by atoms with E-state index in [4.69, 9.17) is 0 Å². The summed E-state index contributed by atoms with van der Waals surface area (Å²) in [5.41, 5.74) is -1.11. The molecule has 0 radical (unpaired) electrons. The lowest BCUT2D eigenvalue weighted by molar-refractivity contribution is -0.139. The van der Waals surface area contributed by atoms with Crippen molar-refractivity contribution in [3.8, 4) is 0 Å². The molecule has 0 saturated heterocycles. The Morgan fingerprint density at radius 2 is 1.55 bits per heavy atom. The molecule has 0 fully saturated rings. The maximum absolute atomic E-state index is 12.9. The van der Waals surface area contributed by atoms with Crippen LogP contribution in [0.1, 0.15) is 96.5 Å². The van der Waals surface area contributed by atoms with Crippen LogP contribution in [0.4, 0.5) is 13.2 Å². The molecule has 1 aromatic carbocycles. The molecule has 1 aromatic rings. The van der Waals surface area contributed by atoms with Gasteiger partial charge in [0.05, 0.1) is 10.5 Å². The lowest BCUT2D eigenvalue weighted by Gasteiger charge is -2.19. The number of halogens is 3. The van der Waals surface area contributed by atoms with Gasteiger partial charge < -0.3 is 5.11 Å². The van der Waals surface area contributed by atoms with Crippen molar-refractivity contribution in [1.29, 1.82) is 0 Å². The number of unbranched alkanes of at least 4 members (excludes halogenated alkanes) is 9. The Kier molecular flexibility index (Phi) is 13.0. The molecule has 0 aromatic heterocycles. The van der Waals surface area contributed by atoms with Gasteiger partial charge in [0.15, 0.2) is 0 Å². The number of nitrogens with one attached hydrogen (secondary N) is 1. The molecular formula is C24H38F3NO4S. The van der Waals surface area contributed by atoms with E-state index in [0.717, 1.165) is 43.9 Å². The summed E-state index contributed by atoms with van der Waals surface area (Å²) in [7, 11) is -4.41. The van der Waals surface area contributed by atoms with Gasteiger partial charge in [0, 0.05) is 0 Å². The first kappa shape index (κ1) is 29.4. The van der Waals surface area contributed by atoms with Crippen molar-refractivity contribution in [3.05, 3.63) is 29.8 Å². The molecule has 0 saturated carbocycles. The predicted octanol–water partition coefficient (Wildman–Crippen LogP) is 6.77. The number of hydrogen-bond acceptors (Lipinski definition) is 3. The van der Waals surface area contributed by atoms with Crippen molar-refractivity contribution in [2.24, 2.45) is 5.92 Å². The maximum atomic E-state index is 12.9. The van der Waals surface area contributed by atoms with Crippen molar-refractivity contribution in [2.45, 2.75) is 108 Å². The number of aliphatic carboxylic acids is 1. The topological polar surface area (TPSA) is 83.5 Å². The number of benzene rings is 1. The summed E-state index contributed by atoms with van der Waals surface area (Å²) in [4.78, 5) is 11.0. The number of rotatable bonds is 17. The Morgan fingerprint density at radius 3 is 2.06 bits per heavy atom. The van der Waals surface area contributed by atoms with E-state index in [0.29, 0.717) is 6.07 Å². The normalized spacial score (nSPS) is 14.2. The summed E-state index contributed by atoms with van der Waals surface area (Å²) < 4.78 is 65.7. The maximum Gasteiger partial charge on any atom is 0.416 e. The number of carbonyl (C=O) groups is 1. The Balaban J connectivity index is 2.48. The minimum absolute atomic E-state index is 0.0376. The van der Waals surface area contributed by atoms with Crippen LogP contribution in [0.25, 0.3) is 0 Å². The van der Waals surface area contributed by atoms with Crippen molar-refractivity contribution in [2.75, 3.05) is 0 Å². The number of alkyl halides is 3. The minimum Gasteiger partial charge on any atom is -0.480 e. The largest absolute Gasteiger partial charge is 0.480 e. The molecule has 0 aliphatic heterocycles. The fraction of sp³-hybridized carbons (Fsp3) is 0.708. The summed E-state index contributed by atoms with van der Waals surface area (Å²) in [6.07, 6.45) is 8.09. The molecule has 2 atom stereocenters. The molecule has 1 rings (SSSR count). The minimum atomic E-state index is -4.69. The van der Waals surface area contributed by atoms with Gasteiger partial charge in [-0.25, -0.2) is 8.42 Å². The van der Waals surface area contributed by atoms with Crippen LogP contribution in [0.5, 0.6) is 0 Å². The zero-order valence-electron chi connectivity index (χ0n) is 19.7. The molecule has 9 heteroatoms. The van der Waals surface area contributed by atoms with Crippen LogP contribution in [0.2, 0.25) is 0 Å². The first-order valence-electron chi connectivity index (χ1n) is 11.9. The first-order chi connectivity index (χ1) is 15.5. The second kappa shape index (κ2) is 14.6. The van der Waals surface area contributed by atoms with Crippen LogP contribution in [0.3, 0.4) is 0 Å². The number of hydrogen-bond donors (Lipinski definition) is 2. The second-order valence-corrected chi connectivity index (χ2v) is 10.6. The highest BCUT2D eigenvalue weighted by Crippen LogP contribution is 2.30. The Labute approximate surface area is 196 Å². The van der Waals surface area contributed by atoms with E-state index in [9.17, 15) is 31.5 Å². The van der Waals surface area contributed by atoms with E-state index >= 15 is 0 Å². The van der Waals surface area contributed by atoms with E-state index in [1.54, 1.807) is 0 Å². The standard InChI is InChI=1S/C24H38F3NO4S/c1-3-4-5-6-7-8-9-10-11-12-14-19(2)17-22(23(29)30)28-33(31,32)21-16-13-15-20(18-21)24(25,26)27/h13,15-16,18-19,22,28H,3-12,14,17H2,1-2H3,(H,29,30). The summed E-state index contributed by atoms with van der Waals surface area (Å²) in [6, 6.07) is 1.88. The fourth-order valence-electron chi connectivity index (χ4n) is 3.79. The van der Waals surface area contributed by atoms with E-state index < -0.39 is 38.7 Å². The molecule has 33 heavy (non-hydrogen) atoms.